The molecule has 5 nitrogen and oxygen atoms in total. The first-order valence-corrected chi connectivity index (χ1v) is 9.76. The van der Waals surface area contributed by atoms with E-state index >= 15 is 0 Å². The number of rotatable bonds is 3. The van der Waals surface area contributed by atoms with Gasteiger partial charge in [-0.3, -0.25) is 4.90 Å². The summed E-state index contributed by atoms with van der Waals surface area (Å²) in [5.41, 5.74) is 1.15. The lowest BCUT2D eigenvalue weighted by Crippen LogP contribution is -2.56. The monoisotopic (exact) mass is 428 g/mol. The van der Waals surface area contributed by atoms with Crippen LogP contribution in [-0.2, 0) is 22.3 Å². The summed E-state index contributed by atoms with van der Waals surface area (Å²) >= 11 is 0. The van der Waals surface area contributed by atoms with Crippen LogP contribution >= 0.6 is 0 Å². The van der Waals surface area contributed by atoms with Gasteiger partial charge in [0, 0.05) is 0 Å². The van der Waals surface area contributed by atoms with Gasteiger partial charge in [-0.05, 0) is 35.3 Å². The molecule has 1 fully saturated rings. The van der Waals surface area contributed by atoms with E-state index in [0.29, 0.717) is 12.0 Å². The Hall–Kier alpha value is -3.31. The third-order valence-corrected chi connectivity index (χ3v) is 5.43. The van der Waals surface area contributed by atoms with Gasteiger partial charge in [0.2, 0.25) is 0 Å². The number of carbonyl (C=O) groups is 1. The van der Waals surface area contributed by atoms with Gasteiger partial charge in [-0.1, -0.05) is 42.5 Å². The molecule has 2 bridgehead atoms. The van der Waals surface area contributed by atoms with Crippen molar-refractivity contribution in [2.75, 3.05) is 13.2 Å². The third-order valence-electron chi connectivity index (χ3n) is 5.43. The molecule has 2 aromatic carbocycles. The van der Waals surface area contributed by atoms with Crippen LogP contribution in [0.2, 0.25) is 0 Å². The first-order chi connectivity index (χ1) is 14.9. The van der Waals surface area contributed by atoms with Crippen molar-refractivity contribution in [2.24, 2.45) is 0 Å². The zero-order chi connectivity index (χ0) is 22.0. The van der Waals surface area contributed by atoms with Crippen LogP contribution < -0.4 is 0 Å². The molecule has 4 rings (SSSR count). The maximum atomic E-state index is 13.0. The number of nitrogens with zero attached hydrogens (tertiary/aromatic N) is 2. The molecule has 2 aliphatic rings. The molecule has 2 atom stereocenters. The Balaban J connectivity index is 1.56. The van der Waals surface area contributed by atoms with E-state index in [1.165, 1.54) is 6.07 Å². The molecule has 31 heavy (non-hydrogen) atoms. The smallest absolute Gasteiger partial charge is 0.416 e. The molecule has 1 saturated heterocycles. The number of halogens is 3. The Kier molecular flexibility index (Phi) is 5.70. The fourth-order valence-corrected chi connectivity index (χ4v) is 3.97. The van der Waals surface area contributed by atoms with Gasteiger partial charge in [-0.2, -0.15) is 18.4 Å². The number of fused-ring (bicyclic) bond motifs is 2. The highest BCUT2D eigenvalue weighted by Gasteiger charge is 2.39. The minimum Gasteiger partial charge on any atom is -0.445 e. The van der Waals surface area contributed by atoms with Crippen molar-refractivity contribution < 1.29 is 27.4 Å². The molecule has 2 unspecified atom stereocenters. The van der Waals surface area contributed by atoms with Gasteiger partial charge < -0.3 is 9.47 Å². The van der Waals surface area contributed by atoms with Crippen LogP contribution in [-0.4, -0.2) is 36.3 Å². The van der Waals surface area contributed by atoms with Gasteiger partial charge >= 0.3 is 12.3 Å². The molecule has 0 radical (unpaired) electrons. The first kappa shape index (κ1) is 20.9. The predicted molar refractivity (Wildman–Crippen MR) is 106 cm³/mol. The second-order valence-electron chi connectivity index (χ2n) is 7.47. The average molecular weight is 428 g/mol. The number of alkyl halides is 3. The summed E-state index contributed by atoms with van der Waals surface area (Å²) in [6, 6.07) is 13.6. The molecule has 2 aliphatic heterocycles. The summed E-state index contributed by atoms with van der Waals surface area (Å²) in [5.74, 6) is 0. The predicted octanol–water partition coefficient (Wildman–Crippen LogP) is 4.77. The summed E-state index contributed by atoms with van der Waals surface area (Å²) in [6.45, 7) is 0.685. The quantitative estimate of drug-likeness (QED) is 0.707. The zero-order valence-electron chi connectivity index (χ0n) is 16.4. The Morgan fingerprint density at radius 3 is 2.65 bits per heavy atom. The normalized spacial score (nSPS) is 20.6. The van der Waals surface area contributed by atoms with Gasteiger partial charge in [0.15, 0.2) is 0 Å². The Morgan fingerprint density at radius 2 is 1.97 bits per heavy atom. The van der Waals surface area contributed by atoms with E-state index in [1.54, 1.807) is 11.0 Å². The highest BCUT2D eigenvalue weighted by molar-refractivity contribution is 5.76. The molecular weight excluding hydrogens is 409 g/mol. The standard InChI is InChI=1S/C23H19F3N2O3/c24-23(25,26)18-6-7-21(17(8-18)11-27)16-9-19-13-30-14-20(10-16)28(19)22(29)31-12-15-4-2-1-3-5-15/h1-9,19-20H,10,12-14H2. The summed E-state index contributed by atoms with van der Waals surface area (Å²) in [7, 11) is 0. The van der Waals surface area contributed by atoms with Crippen LogP contribution in [0.25, 0.3) is 5.57 Å². The first-order valence-electron chi connectivity index (χ1n) is 9.76. The van der Waals surface area contributed by atoms with Crippen molar-refractivity contribution in [3.05, 3.63) is 76.9 Å². The lowest BCUT2D eigenvalue weighted by molar-refractivity contribution is -0.137. The van der Waals surface area contributed by atoms with E-state index < -0.39 is 23.9 Å². The summed E-state index contributed by atoms with van der Waals surface area (Å²) < 4.78 is 50.1. The zero-order valence-corrected chi connectivity index (χ0v) is 16.4. The summed E-state index contributed by atoms with van der Waals surface area (Å²) in [6.07, 6.45) is -2.85. The minimum absolute atomic E-state index is 0.0415. The van der Waals surface area contributed by atoms with Crippen molar-refractivity contribution in [3.63, 3.8) is 0 Å². The van der Waals surface area contributed by atoms with Crippen molar-refractivity contribution >= 4 is 11.7 Å². The van der Waals surface area contributed by atoms with Gasteiger partial charge in [-0.25, -0.2) is 4.79 Å². The maximum Gasteiger partial charge on any atom is 0.416 e. The molecule has 0 aliphatic carbocycles. The van der Waals surface area contributed by atoms with Crippen molar-refractivity contribution in [3.8, 4) is 6.07 Å². The lowest BCUT2D eigenvalue weighted by Gasteiger charge is -2.43. The second kappa shape index (κ2) is 8.44. The summed E-state index contributed by atoms with van der Waals surface area (Å²) in [4.78, 5) is 14.4. The number of ether oxygens (including phenoxy) is 2. The lowest BCUT2D eigenvalue weighted by atomic mass is 9.87. The molecule has 0 spiro atoms. The number of nitriles is 1. The molecule has 1 amide bonds. The number of hydrogen-bond acceptors (Lipinski definition) is 4. The van der Waals surface area contributed by atoms with Crippen molar-refractivity contribution in [1.82, 2.24) is 4.90 Å². The molecule has 2 heterocycles. The third kappa shape index (κ3) is 4.42. The van der Waals surface area contributed by atoms with Crippen molar-refractivity contribution in [1.29, 1.82) is 5.26 Å². The Labute approximate surface area is 177 Å². The van der Waals surface area contributed by atoms with E-state index in [4.69, 9.17) is 9.47 Å². The van der Waals surface area contributed by atoms with E-state index in [9.17, 15) is 23.2 Å². The fourth-order valence-electron chi connectivity index (χ4n) is 3.97. The molecule has 0 saturated carbocycles. The fraction of sp³-hybridized carbons (Fsp3) is 0.304. The van der Waals surface area contributed by atoms with Crippen LogP contribution in [0.4, 0.5) is 18.0 Å². The number of carbonyl (C=O) groups excluding carboxylic acids is 1. The van der Waals surface area contributed by atoms with E-state index in [1.807, 2.05) is 36.4 Å². The number of amides is 1. The van der Waals surface area contributed by atoms with Gasteiger partial charge in [0.05, 0.1) is 42.5 Å². The van der Waals surface area contributed by atoms with Crippen LogP contribution in [0.5, 0.6) is 0 Å². The van der Waals surface area contributed by atoms with E-state index in [-0.39, 0.29) is 31.4 Å². The molecule has 2 aromatic rings. The van der Waals surface area contributed by atoms with Crippen LogP contribution in [0.3, 0.4) is 0 Å². The SMILES string of the molecule is N#Cc1cc(C(F)(F)F)ccc1C1=CC2COCC(C1)N2C(=O)OCc1ccccc1. The summed E-state index contributed by atoms with van der Waals surface area (Å²) in [5, 5.41) is 9.41. The van der Waals surface area contributed by atoms with Crippen LogP contribution in [0.1, 0.15) is 28.7 Å². The number of hydrogen-bond donors (Lipinski definition) is 0. The average Bonchev–Trinajstić information content (AvgIpc) is 2.76. The van der Waals surface area contributed by atoms with E-state index in [0.717, 1.165) is 23.3 Å². The van der Waals surface area contributed by atoms with Gasteiger partial charge in [0.25, 0.3) is 0 Å². The number of morpholine rings is 1. The molecule has 0 N–H and O–H groups in total. The Bertz CT molecular complexity index is 1040. The van der Waals surface area contributed by atoms with E-state index in [2.05, 4.69) is 0 Å². The highest BCUT2D eigenvalue weighted by atomic mass is 19.4. The van der Waals surface area contributed by atoms with Crippen LogP contribution in [0, 0.1) is 11.3 Å². The minimum atomic E-state index is -4.52. The van der Waals surface area contributed by atoms with Gasteiger partial charge in [-0.15, -0.1) is 0 Å². The highest BCUT2D eigenvalue weighted by Crippen LogP contribution is 2.37. The molecular formula is C23H19F3N2O3. The largest absolute Gasteiger partial charge is 0.445 e. The number of benzene rings is 2. The van der Waals surface area contributed by atoms with Crippen LogP contribution in [0.15, 0.2) is 54.6 Å². The topological polar surface area (TPSA) is 62.6 Å². The van der Waals surface area contributed by atoms with Crippen molar-refractivity contribution in [2.45, 2.75) is 31.3 Å². The van der Waals surface area contributed by atoms with Gasteiger partial charge in [0.1, 0.15) is 6.61 Å². The maximum absolute atomic E-state index is 13.0. The molecule has 160 valence electrons. The second-order valence-corrected chi connectivity index (χ2v) is 7.47. The molecule has 8 heteroatoms. The Morgan fingerprint density at radius 1 is 1.19 bits per heavy atom. The molecule has 0 aromatic heterocycles.